The Morgan fingerprint density at radius 3 is 2.69 bits per heavy atom. The van der Waals surface area contributed by atoms with Crippen molar-refractivity contribution >= 4 is 33.7 Å². The molecule has 5 nitrogen and oxygen atoms in total. The smallest absolute Gasteiger partial charge is 0.150 e. The summed E-state index contributed by atoms with van der Waals surface area (Å²) in [5.74, 6) is 1.29. The first kappa shape index (κ1) is 18.7. The molecule has 3 N–H and O–H groups in total. The number of rotatable bonds is 5. The van der Waals surface area contributed by atoms with Gasteiger partial charge in [-0.3, -0.25) is 4.98 Å². The lowest BCUT2D eigenvalue weighted by Crippen LogP contribution is -1.99. The Bertz CT molecular complexity index is 1230. The van der Waals surface area contributed by atoms with Crippen molar-refractivity contribution in [2.75, 3.05) is 12.8 Å². The number of aryl methyl sites for hydroxylation is 3. The number of nitrogens with two attached hydrogens (primary N) is 1. The zero-order valence-corrected chi connectivity index (χ0v) is 16.5. The summed E-state index contributed by atoms with van der Waals surface area (Å²) in [6.07, 6.45) is 6.33. The normalized spacial score (nSPS) is 11.5. The van der Waals surface area contributed by atoms with Gasteiger partial charge >= 0.3 is 0 Å². The average Bonchev–Trinajstić information content (AvgIpc) is 2.73. The Balaban J connectivity index is 1.70. The Morgan fingerprint density at radius 2 is 1.93 bits per heavy atom. The summed E-state index contributed by atoms with van der Waals surface area (Å²) in [6, 6.07) is 14.2. The molecule has 29 heavy (non-hydrogen) atoms. The highest BCUT2D eigenvalue weighted by molar-refractivity contribution is 6.08. The largest absolute Gasteiger partial charge is 0.516 e. The number of nitrogen functional groups attached to an aromatic ring is 1. The summed E-state index contributed by atoms with van der Waals surface area (Å²) in [5, 5.41) is 11.0. The summed E-state index contributed by atoms with van der Waals surface area (Å²) < 4.78 is 5.29. The second-order valence-corrected chi connectivity index (χ2v) is 7.12. The molecule has 146 valence electrons. The number of ether oxygens (including phenoxy) is 1. The van der Waals surface area contributed by atoms with Gasteiger partial charge in [-0.15, -0.1) is 0 Å². The molecule has 0 unspecified atom stereocenters. The van der Waals surface area contributed by atoms with Gasteiger partial charge in [-0.1, -0.05) is 18.2 Å². The van der Waals surface area contributed by atoms with Gasteiger partial charge in [0.1, 0.15) is 11.3 Å². The second kappa shape index (κ2) is 7.80. The highest BCUT2D eigenvalue weighted by Gasteiger charge is 2.10. The minimum absolute atomic E-state index is 0.412. The first-order valence-corrected chi connectivity index (χ1v) is 9.51. The molecule has 0 radical (unpaired) electrons. The van der Waals surface area contributed by atoms with Crippen molar-refractivity contribution < 1.29 is 9.84 Å². The van der Waals surface area contributed by atoms with Crippen LogP contribution in [-0.2, 0) is 12.8 Å². The number of fused-ring (bicyclic) bond motifs is 3. The fourth-order valence-corrected chi connectivity index (χ4v) is 3.65. The average molecular weight is 385 g/mol. The lowest BCUT2D eigenvalue weighted by atomic mass is 9.99. The van der Waals surface area contributed by atoms with Gasteiger partial charge in [0.05, 0.1) is 18.9 Å². The molecule has 4 rings (SSSR count). The van der Waals surface area contributed by atoms with Crippen LogP contribution in [-0.4, -0.2) is 22.2 Å². The van der Waals surface area contributed by atoms with Crippen LogP contribution in [0.4, 0.5) is 5.82 Å². The number of hydrogen-bond donors (Lipinski definition) is 2. The summed E-state index contributed by atoms with van der Waals surface area (Å²) >= 11 is 0. The minimum Gasteiger partial charge on any atom is -0.516 e. The molecule has 0 aliphatic heterocycles. The van der Waals surface area contributed by atoms with Gasteiger partial charge in [-0.25, -0.2) is 4.98 Å². The van der Waals surface area contributed by atoms with Crippen LogP contribution >= 0.6 is 0 Å². The quantitative estimate of drug-likeness (QED) is 0.373. The Labute approximate surface area is 169 Å². The van der Waals surface area contributed by atoms with E-state index in [1.807, 2.05) is 30.5 Å². The number of aliphatic hydroxyl groups is 1. The molecule has 0 aliphatic rings. The fraction of sp³-hybridized carbons (Fsp3) is 0.167. The SMILES string of the molecule is COc1ccc(CCc2cnc3c(N)nc4cc(/C=C/O)ccc4c3c2)c(C)c1. The van der Waals surface area contributed by atoms with Gasteiger partial charge in [0.2, 0.25) is 0 Å². The van der Waals surface area contributed by atoms with Gasteiger partial charge in [-0.2, -0.15) is 0 Å². The summed E-state index contributed by atoms with van der Waals surface area (Å²) in [5.41, 5.74) is 12.2. The molecular weight excluding hydrogens is 362 g/mol. The molecule has 0 atom stereocenters. The van der Waals surface area contributed by atoms with Crippen LogP contribution in [0, 0.1) is 6.92 Å². The number of pyridine rings is 2. The van der Waals surface area contributed by atoms with E-state index in [0.717, 1.165) is 52.3 Å². The van der Waals surface area contributed by atoms with Gasteiger partial charge in [0, 0.05) is 17.0 Å². The van der Waals surface area contributed by atoms with E-state index in [0.29, 0.717) is 11.3 Å². The van der Waals surface area contributed by atoms with Gasteiger partial charge in [0.15, 0.2) is 5.82 Å². The first-order chi connectivity index (χ1) is 14.1. The predicted molar refractivity (Wildman–Crippen MR) is 118 cm³/mol. The molecule has 5 heteroatoms. The maximum absolute atomic E-state index is 9.01. The van der Waals surface area contributed by atoms with Crippen molar-refractivity contribution in [1.29, 1.82) is 0 Å². The number of methoxy groups -OCH3 is 1. The molecule has 4 aromatic rings. The fourth-order valence-electron chi connectivity index (χ4n) is 3.65. The standard InChI is InChI=1S/C24H23N3O2/c1-15-11-19(29-2)7-6-18(15)5-3-17-12-21-20-8-4-16(9-10-28)13-22(20)27-24(25)23(21)26-14-17/h4,6-14,28H,3,5H2,1-2H3,(H2,25,27)/b10-9+. The van der Waals surface area contributed by atoms with Crippen LogP contribution in [0.5, 0.6) is 5.75 Å². The molecule has 0 fully saturated rings. The molecule has 0 aliphatic carbocycles. The van der Waals surface area contributed by atoms with Crippen molar-refractivity contribution in [2.45, 2.75) is 19.8 Å². The van der Waals surface area contributed by atoms with Crippen molar-refractivity contribution in [1.82, 2.24) is 9.97 Å². The number of nitrogens with zero attached hydrogens (tertiary/aromatic N) is 2. The number of hydrogen-bond acceptors (Lipinski definition) is 5. The van der Waals surface area contributed by atoms with E-state index in [1.165, 1.54) is 11.1 Å². The number of benzene rings is 2. The maximum atomic E-state index is 9.01. The lowest BCUT2D eigenvalue weighted by Gasteiger charge is -2.10. The lowest BCUT2D eigenvalue weighted by molar-refractivity contribution is 0.414. The van der Waals surface area contributed by atoms with Crippen LogP contribution in [0.1, 0.15) is 22.3 Å². The van der Waals surface area contributed by atoms with Crippen LogP contribution in [0.15, 0.2) is 54.9 Å². The summed E-state index contributed by atoms with van der Waals surface area (Å²) in [4.78, 5) is 9.08. The molecule has 0 saturated carbocycles. The van der Waals surface area contributed by atoms with Crippen LogP contribution < -0.4 is 10.5 Å². The van der Waals surface area contributed by atoms with Crippen molar-refractivity contribution in [3.05, 3.63) is 77.2 Å². The maximum Gasteiger partial charge on any atom is 0.150 e. The Kier molecular flexibility index (Phi) is 5.04. The third kappa shape index (κ3) is 3.72. The highest BCUT2D eigenvalue weighted by atomic mass is 16.5. The van der Waals surface area contributed by atoms with Crippen LogP contribution in [0.2, 0.25) is 0 Å². The highest BCUT2D eigenvalue weighted by Crippen LogP contribution is 2.28. The molecule has 0 amide bonds. The monoisotopic (exact) mass is 385 g/mol. The predicted octanol–water partition coefficient (Wildman–Crippen LogP) is 5.00. The second-order valence-electron chi connectivity index (χ2n) is 7.12. The number of anilines is 1. The third-order valence-corrected chi connectivity index (χ3v) is 5.24. The molecule has 0 spiro atoms. The van der Waals surface area contributed by atoms with Gasteiger partial charge in [-0.05, 0) is 72.4 Å². The van der Waals surface area contributed by atoms with E-state index >= 15 is 0 Å². The van der Waals surface area contributed by atoms with Crippen molar-refractivity contribution in [3.63, 3.8) is 0 Å². The van der Waals surface area contributed by atoms with Gasteiger partial charge in [0.25, 0.3) is 0 Å². The molecule has 0 saturated heterocycles. The summed E-state index contributed by atoms with van der Waals surface area (Å²) in [6.45, 7) is 2.11. The van der Waals surface area contributed by atoms with Crippen LogP contribution in [0.25, 0.3) is 27.9 Å². The van der Waals surface area contributed by atoms with Crippen molar-refractivity contribution in [2.24, 2.45) is 0 Å². The van der Waals surface area contributed by atoms with Crippen molar-refractivity contribution in [3.8, 4) is 5.75 Å². The zero-order chi connectivity index (χ0) is 20.4. The van der Waals surface area contributed by atoms with E-state index in [9.17, 15) is 0 Å². The van der Waals surface area contributed by atoms with E-state index in [-0.39, 0.29) is 0 Å². The Morgan fingerprint density at radius 1 is 1.07 bits per heavy atom. The molecule has 2 aromatic carbocycles. The minimum atomic E-state index is 0.412. The number of aromatic nitrogens is 2. The van der Waals surface area contributed by atoms with Crippen LogP contribution in [0.3, 0.4) is 0 Å². The van der Waals surface area contributed by atoms with E-state index in [2.05, 4.69) is 35.1 Å². The van der Waals surface area contributed by atoms with E-state index in [4.69, 9.17) is 15.6 Å². The molecular formula is C24H23N3O2. The number of aliphatic hydroxyl groups excluding tert-OH is 1. The zero-order valence-electron chi connectivity index (χ0n) is 16.5. The van der Waals surface area contributed by atoms with E-state index in [1.54, 1.807) is 13.2 Å². The topological polar surface area (TPSA) is 81.3 Å². The first-order valence-electron chi connectivity index (χ1n) is 9.51. The Hall–Kier alpha value is -3.60. The molecule has 2 heterocycles. The van der Waals surface area contributed by atoms with Gasteiger partial charge < -0.3 is 15.6 Å². The molecule has 2 aromatic heterocycles. The summed E-state index contributed by atoms with van der Waals surface area (Å²) in [7, 11) is 1.68. The molecule has 0 bridgehead atoms. The third-order valence-electron chi connectivity index (χ3n) is 5.24. The van der Waals surface area contributed by atoms with E-state index < -0.39 is 0 Å².